The van der Waals surface area contributed by atoms with Gasteiger partial charge >= 0.3 is 0 Å². The van der Waals surface area contributed by atoms with Crippen LogP contribution in [-0.4, -0.2) is 55.6 Å². The van der Waals surface area contributed by atoms with Crippen molar-refractivity contribution in [2.75, 3.05) is 39.8 Å². The number of benzene rings is 1. The summed E-state index contributed by atoms with van der Waals surface area (Å²) in [6.45, 7) is 9.40. The van der Waals surface area contributed by atoms with E-state index >= 15 is 0 Å². The van der Waals surface area contributed by atoms with Crippen LogP contribution in [0.15, 0.2) is 24.3 Å². The first-order valence-electron chi connectivity index (χ1n) is 7.95. The second kappa shape index (κ2) is 6.25. The maximum absolute atomic E-state index is 3.58. The molecule has 1 fully saturated rings. The highest BCUT2D eigenvalue weighted by Crippen LogP contribution is 2.25. The lowest BCUT2D eigenvalue weighted by atomic mass is 9.90. The Hall–Kier alpha value is -0.900. The highest BCUT2D eigenvalue weighted by Gasteiger charge is 2.26. The summed E-state index contributed by atoms with van der Waals surface area (Å²) in [5, 5.41) is 3.58. The standard InChI is InChI=1S/C17H27N3/c1-14-12-19(2)8-5-9-20(14)13-16-11-18-10-15-6-3-4-7-17(15)16/h3-4,6-7,14,16,18H,5,8-13H2,1-2H3. The van der Waals surface area contributed by atoms with E-state index in [0.717, 1.165) is 13.1 Å². The summed E-state index contributed by atoms with van der Waals surface area (Å²) in [6.07, 6.45) is 1.29. The van der Waals surface area contributed by atoms with Crippen molar-refractivity contribution in [1.29, 1.82) is 0 Å². The molecule has 0 saturated carbocycles. The monoisotopic (exact) mass is 273 g/mol. The first-order chi connectivity index (χ1) is 9.74. The van der Waals surface area contributed by atoms with Crippen LogP contribution in [0, 0.1) is 0 Å². The van der Waals surface area contributed by atoms with Crippen molar-refractivity contribution in [2.45, 2.75) is 31.8 Å². The Morgan fingerprint density at radius 3 is 3.00 bits per heavy atom. The van der Waals surface area contributed by atoms with Gasteiger partial charge in [0.15, 0.2) is 0 Å². The molecule has 0 bridgehead atoms. The minimum Gasteiger partial charge on any atom is -0.312 e. The van der Waals surface area contributed by atoms with E-state index in [2.05, 4.69) is 53.4 Å². The minimum atomic E-state index is 0.644. The zero-order valence-corrected chi connectivity index (χ0v) is 12.8. The van der Waals surface area contributed by atoms with Crippen molar-refractivity contribution in [2.24, 2.45) is 0 Å². The van der Waals surface area contributed by atoms with Gasteiger partial charge in [0.25, 0.3) is 0 Å². The van der Waals surface area contributed by atoms with Crippen molar-refractivity contribution >= 4 is 0 Å². The van der Waals surface area contributed by atoms with Gasteiger partial charge in [-0.05, 0) is 44.6 Å². The molecule has 2 aliphatic rings. The Morgan fingerprint density at radius 2 is 2.10 bits per heavy atom. The molecular weight excluding hydrogens is 246 g/mol. The number of nitrogens with zero attached hydrogens (tertiary/aromatic N) is 2. The van der Waals surface area contributed by atoms with E-state index in [1.165, 1.54) is 38.2 Å². The van der Waals surface area contributed by atoms with Crippen molar-refractivity contribution < 1.29 is 0 Å². The molecule has 1 N–H and O–H groups in total. The predicted molar refractivity (Wildman–Crippen MR) is 84.0 cm³/mol. The summed E-state index contributed by atoms with van der Waals surface area (Å²) in [6, 6.07) is 9.61. The van der Waals surface area contributed by atoms with Gasteiger partial charge in [-0.15, -0.1) is 0 Å². The fraction of sp³-hybridized carbons (Fsp3) is 0.647. The van der Waals surface area contributed by atoms with Gasteiger partial charge in [-0.3, -0.25) is 4.90 Å². The SMILES string of the molecule is CC1CN(C)CCCN1CC1CNCc2ccccc21. The first kappa shape index (κ1) is 14.1. The molecule has 0 aromatic heterocycles. The molecule has 3 nitrogen and oxygen atoms in total. The van der Waals surface area contributed by atoms with E-state index in [-0.39, 0.29) is 0 Å². The molecule has 1 aromatic rings. The largest absolute Gasteiger partial charge is 0.312 e. The highest BCUT2D eigenvalue weighted by molar-refractivity contribution is 5.33. The van der Waals surface area contributed by atoms with Gasteiger partial charge in [-0.25, -0.2) is 0 Å². The second-order valence-corrected chi connectivity index (χ2v) is 6.49. The Labute approximate surface area is 123 Å². The van der Waals surface area contributed by atoms with Crippen LogP contribution in [0.4, 0.5) is 0 Å². The molecule has 0 amide bonds. The van der Waals surface area contributed by atoms with E-state index in [4.69, 9.17) is 0 Å². The lowest BCUT2D eigenvalue weighted by molar-refractivity contribution is 0.188. The van der Waals surface area contributed by atoms with E-state index in [9.17, 15) is 0 Å². The highest BCUT2D eigenvalue weighted by atomic mass is 15.2. The zero-order chi connectivity index (χ0) is 13.9. The van der Waals surface area contributed by atoms with Crippen LogP contribution < -0.4 is 5.32 Å². The van der Waals surface area contributed by atoms with Crippen LogP contribution in [0.25, 0.3) is 0 Å². The van der Waals surface area contributed by atoms with Crippen molar-refractivity contribution in [1.82, 2.24) is 15.1 Å². The molecule has 0 radical (unpaired) electrons. The molecule has 0 spiro atoms. The lowest BCUT2D eigenvalue weighted by Gasteiger charge is -2.34. The van der Waals surface area contributed by atoms with Gasteiger partial charge in [0.1, 0.15) is 0 Å². The number of hydrogen-bond acceptors (Lipinski definition) is 3. The van der Waals surface area contributed by atoms with E-state index < -0.39 is 0 Å². The molecule has 1 aromatic carbocycles. The fourth-order valence-corrected chi connectivity index (χ4v) is 3.72. The molecule has 3 heteroatoms. The van der Waals surface area contributed by atoms with Gasteiger partial charge in [0.2, 0.25) is 0 Å². The topological polar surface area (TPSA) is 18.5 Å². The van der Waals surface area contributed by atoms with Crippen LogP contribution in [0.5, 0.6) is 0 Å². The molecule has 20 heavy (non-hydrogen) atoms. The van der Waals surface area contributed by atoms with Crippen LogP contribution in [0.2, 0.25) is 0 Å². The van der Waals surface area contributed by atoms with Crippen molar-refractivity contribution in [3.8, 4) is 0 Å². The quantitative estimate of drug-likeness (QED) is 0.888. The smallest absolute Gasteiger partial charge is 0.0208 e. The third-order valence-electron chi connectivity index (χ3n) is 4.84. The van der Waals surface area contributed by atoms with E-state index in [0.29, 0.717) is 12.0 Å². The van der Waals surface area contributed by atoms with Gasteiger partial charge in [0.05, 0.1) is 0 Å². The summed E-state index contributed by atoms with van der Waals surface area (Å²) < 4.78 is 0. The Kier molecular flexibility index (Phi) is 4.39. The maximum Gasteiger partial charge on any atom is 0.0208 e. The van der Waals surface area contributed by atoms with Gasteiger partial charge < -0.3 is 10.2 Å². The normalized spacial score (nSPS) is 28.9. The Balaban J connectivity index is 1.72. The Morgan fingerprint density at radius 1 is 1.25 bits per heavy atom. The van der Waals surface area contributed by atoms with Crippen LogP contribution >= 0.6 is 0 Å². The van der Waals surface area contributed by atoms with E-state index in [1.807, 2.05) is 0 Å². The lowest BCUT2D eigenvalue weighted by Crippen LogP contribution is -2.43. The van der Waals surface area contributed by atoms with Crippen molar-refractivity contribution in [3.63, 3.8) is 0 Å². The maximum atomic E-state index is 3.58. The fourth-order valence-electron chi connectivity index (χ4n) is 3.72. The third-order valence-corrected chi connectivity index (χ3v) is 4.84. The average Bonchev–Trinajstić information content (AvgIpc) is 2.61. The van der Waals surface area contributed by atoms with Gasteiger partial charge in [-0.2, -0.15) is 0 Å². The summed E-state index contributed by atoms with van der Waals surface area (Å²) in [5.41, 5.74) is 3.05. The third kappa shape index (κ3) is 3.05. The minimum absolute atomic E-state index is 0.644. The molecular formula is C17H27N3. The zero-order valence-electron chi connectivity index (χ0n) is 12.8. The van der Waals surface area contributed by atoms with Crippen molar-refractivity contribution in [3.05, 3.63) is 35.4 Å². The molecule has 110 valence electrons. The number of hydrogen-bond donors (Lipinski definition) is 1. The summed E-state index contributed by atoms with van der Waals surface area (Å²) in [4.78, 5) is 5.16. The number of fused-ring (bicyclic) bond motifs is 1. The number of likely N-dealkylation sites (N-methyl/N-ethyl adjacent to an activating group) is 1. The molecule has 1 saturated heterocycles. The average molecular weight is 273 g/mol. The van der Waals surface area contributed by atoms with Crippen LogP contribution in [-0.2, 0) is 6.54 Å². The number of rotatable bonds is 2. The van der Waals surface area contributed by atoms with Crippen LogP contribution in [0.1, 0.15) is 30.4 Å². The summed E-state index contributed by atoms with van der Waals surface area (Å²) in [5.74, 6) is 0.644. The summed E-state index contributed by atoms with van der Waals surface area (Å²) >= 11 is 0. The molecule has 3 rings (SSSR count). The first-order valence-corrected chi connectivity index (χ1v) is 7.95. The van der Waals surface area contributed by atoms with E-state index in [1.54, 1.807) is 5.56 Å². The molecule has 0 aliphatic carbocycles. The Bertz CT molecular complexity index is 446. The second-order valence-electron chi connectivity index (χ2n) is 6.49. The molecule has 2 heterocycles. The van der Waals surface area contributed by atoms with Gasteiger partial charge in [-0.1, -0.05) is 24.3 Å². The summed E-state index contributed by atoms with van der Waals surface area (Å²) in [7, 11) is 2.25. The van der Waals surface area contributed by atoms with Crippen LogP contribution in [0.3, 0.4) is 0 Å². The molecule has 2 aliphatic heterocycles. The predicted octanol–water partition coefficient (Wildman–Crippen LogP) is 1.90. The molecule has 2 unspecified atom stereocenters. The number of nitrogens with one attached hydrogen (secondary N) is 1. The molecule has 2 atom stereocenters. The van der Waals surface area contributed by atoms with Gasteiger partial charge in [0, 0.05) is 38.1 Å².